The summed E-state index contributed by atoms with van der Waals surface area (Å²) in [5.74, 6) is -1.44. The summed E-state index contributed by atoms with van der Waals surface area (Å²) in [5.41, 5.74) is -2.22. The number of aromatic carboxylic acids is 1. The lowest BCUT2D eigenvalue weighted by molar-refractivity contribution is 0.0694. The Morgan fingerprint density at radius 3 is 2.57 bits per heavy atom. The van der Waals surface area contributed by atoms with Crippen molar-refractivity contribution in [2.24, 2.45) is 0 Å². The number of halogens is 2. The molecule has 6 heteroatoms. The van der Waals surface area contributed by atoms with Crippen molar-refractivity contribution in [3.05, 3.63) is 33.2 Å². The van der Waals surface area contributed by atoms with Crippen LogP contribution in [0.25, 0.3) is 0 Å². The molecule has 0 aromatic carbocycles. The van der Waals surface area contributed by atoms with Crippen LogP contribution >= 0.6 is 0 Å². The van der Waals surface area contributed by atoms with E-state index in [1.165, 1.54) is 0 Å². The van der Waals surface area contributed by atoms with Crippen LogP contribution in [-0.4, -0.2) is 16.1 Å². The lowest BCUT2D eigenvalue weighted by atomic mass is 10.1. The first-order valence-corrected chi connectivity index (χ1v) is 3.68. The fourth-order valence-electron chi connectivity index (χ4n) is 1.03. The van der Waals surface area contributed by atoms with E-state index >= 15 is 0 Å². The van der Waals surface area contributed by atoms with Crippen molar-refractivity contribution in [2.75, 3.05) is 0 Å². The third-order valence-corrected chi connectivity index (χ3v) is 1.81. The number of carbonyl (C=O) groups is 1. The van der Waals surface area contributed by atoms with E-state index in [2.05, 4.69) is 4.98 Å². The molecular weight excluding hydrogens is 196 g/mol. The Balaban J connectivity index is 3.42. The van der Waals surface area contributed by atoms with Crippen molar-refractivity contribution < 1.29 is 18.7 Å². The summed E-state index contributed by atoms with van der Waals surface area (Å²) in [5, 5.41) is 8.51. The molecule has 1 aromatic rings. The molecule has 14 heavy (non-hydrogen) atoms. The van der Waals surface area contributed by atoms with Crippen molar-refractivity contribution in [2.45, 2.75) is 13.3 Å². The van der Waals surface area contributed by atoms with Gasteiger partial charge in [-0.15, -0.1) is 0 Å². The molecule has 0 amide bonds. The number of carboxylic acid groups (broad SMARTS) is 1. The second-order valence-electron chi connectivity index (χ2n) is 2.68. The molecule has 0 fully saturated rings. The van der Waals surface area contributed by atoms with Crippen molar-refractivity contribution in [3.8, 4) is 0 Å². The summed E-state index contributed by atoms with van der Waals surface area (Å²) >= 11 is 0. The van der Waals surface area contributed by atoms with Crippen LogP contribution in [0.1, 0.15) is 28.0 Å². The molecule has 0 atom stereocenters. The number of rotatable bonds is 2. The molecule has 0 aliphatic rings. The zero-order valence-electron chi connectivity index (χ0n) is 7.17. The van der Waals surface area contributed by atoms with Gasteiger partial charge in [0.05, 0.1) is 5.69 Å². The fourth-order valence-corrected chi connectivity index (χ4v) is 1.03. The van der Waals surface area contributed by atoms with Crippen LogP contribution in [0.4, 0.5) is 8.78 Å². The monoisotopic (exact) mass is 203 g/mol. The molecule has 1 rings (SSSR count). The minimum absolute atomic E-state index is 0.264. The maximum Gasteiger partial charge on any atom is 0.341 e. The average Bonchev–Trinajstić information content (AvgIpc) is 2.08. The maximum atomic E-state index is 12.2. The predicted molar refractivity (Wildman–Crippen MR) is 43.7 cm³/mol. The second-order valence-corrected chi connectivity index (χ2v) is 2.68. The Morgan fingerprint density at radius 1 is 1.57 bits per heavy atom. The molecular formula is C8H7F2NO3. The lowest BCUT2D eigenvalue weighted by Gasteiger charge is -2.04. The van der Waals surface area contributed by atoms with Crippen molar-refractivity contribution in [1.29, 1.82) is 0 Å². The van der Waals surface area contributed by atoms with Crippen molar-refractivity contribution in [3.63, 3.8) is 0 Å². The van der Waals surface area contributed by atoms with E-state index in [0.717, 1.165) is 13.1 Å². The smallest absolute Gasteiger partial charge is 0.341 e. The number of alkyl halides is 2. The molecule has 0 aliphatic carbocycles. The highest BCUT2D eigenvalue weighted by Gasteiger charge is 2.17. The van der Waals surface area contributed by atoms with E-state index in [9.17, 15) is 18.4 Å². The van der Waals surface area contributed by atoms with Crippen molar-refractivity contribution in [1.82, 2.24) is 4.98 Å². The Labute approximate surface area is 77.2 Å². The first-order chi connectivity index (χ1) is 6.45. The number of hydrogen-bond acceptors (Lipinski definition) is 2. The van der Waals surface area contributed by atoms with Crippen molar-refractivity contribution >= 4 is 5.97 Å². The van der Waals surface area contributed by atoms with Gasteiger partial charge in [0.25, 0.3) is 6.43 Å². The Hall–Kier alpha value is -1.72. The van der Waals surface area contributed by atoms with Gasteiger partial charge in [0.1, 0.15) is 5.56 Å². The fraction of sp³-hybridized carbons (Fsp3) is 0.250. The molecule has 0 saturated heterocycles. The zero-order chi connectivity index (χ0) is 10.9. The number of nitrogens with one attached hydrogen (secondary N) is 1. The number of H-pyrrole nitrogens is 1. The molecule has 0 saturated carbocycles. The minimum atomic E-state index is -2.81. The van der Waals surface area contributed by atoms with E-state index in [1.807, 2.05) is 0 Å². The third-order valence-electron chi connectivity index (χ3n) is 1.81. The number of hydrogen-bond donors (Lipinski definition) is 2. The van der Waals surface area contributed by atoms with Crippen LogP contribution in [0.5, 0.6) is 0 Å². The lowest BCUT2D eigenvalue weighted by Crippen LogP contribution is -2.19. The molecule has 76 valence electrons. The highest BCUT2D eigenvalue weighted by atomic mass is 19.3. The van der Waals surface area contributed by atoms with Crippen LogP contribution in [-0.2, 0) is 0 Å². The highest BCUT2D eigenvalue weighted by molar-refractivity contribution is 5.87. The SMILES string of the molecule is Cc1c(C(F)F)[nH]cc(C(=O)O)c1=O. The van der Waals surface area contributed by atoms with Gasteiger partial charge in [-0.25, -0.2) is 13.6 Å². The number of aromatic nitrogens is 1. The van der Waals surface area contributed by atoms with Gasteiger partial charge < -0.3 is 10.1 Å². The molecule has 0 aliphatic heterocycles. The van der Waals surface area contributed by atoms with Gasteiger partial charge in [0.15, 0.2) is 5.43 Å². The highest BCUT2D eigenvalue weighted by Crippen LogP contribution is 2.17. The topological polar surface area (TPSA) is 70.2 Å². The van der Waals surface area contributed by atoms with E-state index in [1.54, 1.807) is 0 Å². The average molecular weight is 203 g/mol. The first kappa shape index (κ1) is 10.4. The minimum Gasteiger partial charge on any atom is -0.477 e. The summed E-state index contributed by atoms with van der Waals surface area (Å²) in [7, 11) is 0. The molecule has 2 N–H and O–H groups in total. The Kier molecular flexibility index (Phi) is 2.64. The van der Waals surface area contributed by atoms with Gasteiger partial charge in [-0.2, -0.15) is 0 Å². The van der Waals surface area contributed by atoms with Gasteiger partial charge in [0.2, 0.25) is 0 Å². The van der Waals surface area contributed by atoms with Gasteiger partial charge >= 0.3 is 5.97 Å². The van der Waals surface area contributed by atoms with Gasteiger partial charge in [-0.1, -0.05) is 0 Å². The summed E-state index contributed by atoms with van der Waals surface area (Å²) in [6, 6.07) is 0. The maximum absolute atomic E-state index is 12.2. The summed E-state index contributed by atoms with van der Waals surface area (Å²) < 4.78 is 24.4. The van der Waals surface area contributed by atoms with E-state index < -0.39 is 29.1 Å². The van der Waals surface area contributed by atoms with Gasteiger partial charge in [0, 0.05) is 11.8 Å². The van der Waals surface area contributed by atoms with E-state index in [0.29, 0.717) is 0 Å². The zero-order valence-corrected chi connectivity index (χ0v) is 7.17. The molecule has 1 aromatic heterocycles. The number of carboxylic acids is 1. The Bertz CT molecular complexity index is 425. The molecule has 1 heterocycles. The number of pyridine rings is 1. The van der Waals surface area contributed by atoms with Gasteiger partial charge in [-0.3, -0.25) is 4.79 Å². The van der Waals surface area contributed by atoms with Crippen LogP contribution in [0.2, 0.25) is 0 Å². The van der Waals surface area contributed by atoms with E-state index in [4.69, 9.17) is 5.11 Å². The number of aromatic amines is 1. The van der Waals surface area contributed by atoms with E-state index in [-0.39, 0.29) is 5.56 Å². The predicted octanol–water partition coefficient (Wildman–Crippen LogP) is 1.32. The summed E-state index contributed by atoms with van der Waals surface area (Å²) in [4.78, 5) is 23.7. The standard InChI is InChI=1S/C8H7F2NO3/c1-3-5(7(9)10)11-2-4(6(3)12)8(13)14/h2,7H,1H3,(H,11,12)(H,13,14). The Morgan fingerprint density at radius 2 is 2.14 bits per heavy atom. The van der Waals surface area contributed by atoms with Crippen LogP contribution in [0.3, 0.4) is 0 Å². The molecule has 4 nitrogen and oxygen atoms in total. The summed E-state index contributed by atoms with van der Waals surface area (Å²) in [6.07, 6.45) is -2.04. The van der Waals surface area contributed by atoms with Gasteiger partial charge in [-0.05, 0) is 6.92 Å². The molecule has 0 bridgehead atoms. The second kappa shape index (κ2) is 3.57. The molecule has 0 unspecified atom stereocenters. The van der Waals surface area contributed by atoms with Crippen LogP contribution in [0, 0.1) is 6.92 Å². The van der Waals surface area contributed by atoms with Crippen LogP contribution < -0.4 is 5.43 Å². The third kappa shape index (κ3) is 1.63. The van der Waals surface area contributed by atoms with Crippen LogP contribution in [0.15, 0.2) is 11.0 Å². The quantitative estimate of drug-likeness (QED) is 0.761. The first-order valence-electron chi connectivity index (χ1n) is 3.68. The summed E-state index contributed by atoms with van der Waals surface area (Å²) in [6.45, 7) is 1.16. The molecule has 0 radical (unpaired) electrons. The molecule has 0 spiro atoms. The largest absolute Gasteiger partial charge is 0.477 e. The normalized spacial score (nSPS) is 10.6.